The van der Waals surface area contributed by atoms with Gasteiger partial charge in [0.05, 0.1) is 19.8 Å². The number of unbranched alkanes of at least 4 members (excludes halogenated alkanes) is 26. The van der Waals surface area contributed by atoms with Gasteiger partial charge in [-0.3, -0.25) is 23.4 Å². The number of aliphatic hydroxyl groups is 1. The van der Waals surface area contributed by atoms with E-state index in [2.05, 4.69) is 112 Å². The topological polar surface area (TPSA) is 155 Å². The maximum atomic E-state index is 13.0. The summed E-state index contributed by atoms with van der Waals surface area (Å²) >= 11 is 0. The minimum Gasteiger partial charge on any atom is -0.462 e. The molecule has 0 rings (SSSR count). The van der Waals surface area contributed by atoms with Crippen molar-refractivity contribution in [3.63, 3.8) is 0 Å². The molecule has 0 aromatic carbocycles. The van der Waals surface area contributed by atoms with E-state index in [-0.39, 0.29) is 25.9 Å². The van der Waals surface area contributed by atoms with Crippen molar-refractivity contribution in [1.82, 2.24) is 0 Å². The van der Waals surface area contributed by atoms with Crippen LogP contribution in [0.15, 0.2) is 97.2 Å². The van der Waals surface area contributed by atoms with Crippen molar-refractivity contribution in [3.05, 3.63) is 97.2 Å². The quantitative estimate of drug-likeness (QED) is 0.0197. The van der Waals surface area contributed by atoms with Crippen LogP contribution >= 0.6 is 7.82 Å². The van der Waals surface area contributed by atoms with Gasteiger partial charge in [-0.25, -0.2) is 4.57 Å². The van der Waals surface area contributed by atoms with E-state index in [1.165, 1.54) is 122 Å². The van der Waals surface area contributed by atoms with Crippen molar-refractivity contribution in [2.75, 3.05) is 26.4 Å². The van der Waals surface area contributed by atoms with Crippen molar-refractivity contribution >= 4 is 25.7 Å². The highest BCUT2D eigenvalue weighted by atomic mass is 31.2. The second-order valence-electron chi connectivity index (χ2n) is 21.2. The van der Waals surface area contributed by atoms with Gasteiger partial charge in [-0.15, -0.1) is 0 Å². The highest BCUT2D eigenvalue weighted by molar-refractivity contribution is 7.47. The summed E-state index contributed by atoms with van der Waals surface area (Å²) < 4.78 is 39.6. The van der Waals surface area contributed by atoms with Crippen LogP contribution in [-0.2, 0) is 42.2 Å². The molecule has 0 aliphatic heterocycles. The first-order valence-electron chi connectivity index (χ1n) is 32.1. The molecular weight excluding hydrogens is 1020 g/mol. The van der Waals surface area contributed by atoms with Crippen LogP contribution in [0.4, 0.5) is 0 Å². The highest BCUT2D eigenvalue weighted by Gasteiger charge is 2.28. The van der Waals surface area contributed by atoms with E-state index < -0.39 is 57.8 Å². The molecule has 0 spiro atoms. The predicted octanol–water partition coefficient (Wildman–Crippen LogP) is 19.6. The molecule has 0 heterocycles. The summed E-state index contributed by atoms with van der Waals surface area (Å²) in [6.07, 6.45) is 73.6. The Morgan fingerprint density at radius 1 is 0.362 bits per heavy atom. The molecule has 0 aromatic heterocycles. The van der Waals surface area contributed by atoms with Crippen molar-refractivity contribution in [2.45, 2.75) is 290 Å². The number of aliphatic hydroxyl groups excluding tert-OH is 1. The van der Waals surface area contributed by atoms with Crippen molar-refractivity contribution in [1.29, 1.82) is 0 Å². The third-order valence-electron chi connectivity index (χ3n) is 13.5. The summed E-state index contributed by atoms with van der Waals surface area (Å²) in [4.78, 5) is 48.7. The number of ether oxygens (including phenoxy) is 3. The lowest BCUT2D eigenvalue weighted by Crippen LogP contribution is -2.30. The van der Waals surface area contributed by atoms with E-state index in [9.17, 15) is 28.9 Å². The molecule has 2 N–H and O–H groups in total. The van der Waals surface area contributed by atoms with E-state index in [4.69, 9.17) is 23.3 Å². The van der Waals surface area contributed by atoms with Gasteiger partial charge in [-0.1, -0.05) is 240 Å². The first-order chi connectivity index (χ1) is 39.2. The molecule has 0 aromatic rings. The van der Waals surface area contributed by atoms with Gasteiger partial charge >= 0.3 is 25.7 Å². The number of hydrogen-bond acceptors (Lipinski definition) is 10. The van der Waals surface area contributed by atoms with Gasteiger partial charge < -0.3 is 24.2 Å². The lowest BCUT2D eigenvalue weighted by atomic mass is 10.1. The van der Waals surface area contributed by atoms with Crippen LogP contribution in [0.3, 0.4) is 0 Å². The number of allylic oxidation sites excluding steroid dienone is 16. The highest BCUT2D eigenvalue weighted by Crippen LogP contribution is 2.43. The zero-order chi connectivity index (χ0) is 58.3. The van der Waals surface area contributed by atoms with Crippen LogP contribution in [0.25, 0.3) is 0 Å². The zero-order valence-electron chi connectivity index (χ0n) is 51.0. The zero-order valence-corrected chi connectivity index (χ0v) is 51.9. The van der Waals surface area contributed by atoms with Crippen molar-refractivity contribution < 1.29 is 52.2 Å². The average Bonchev–Trinajstić information content (AvgIpc) is 3.45. The molecule has 0 saturated heterocycles. The average molecular weight is 1140 g/mol. The monoisotopic (exact) mass is 1140 g/mol. The molecule has 0 saturated carbocycles. The fourth-order valence-electron chi connectivity index (χ4n) is 8.59. The molecule has 0 aliphatic rings. The Kier molecular flexibility index (Phi) is 58.7. The van der Waals surface area contributed by atoms with Gasteiger partial charge in [0.2, 0.25) is 0 Å². The number of phosphoric ester groups is 1. The summed E-state index contributed by atoms with van der Waals surface area (Å²) in [5.41, 5.74) is 0. The van der Waals surface area contributed by atoms with E-state index in [0.717, 1.165) is 89.9 Å². The number of carbonyl (C=O) groups excluding carboxylic acids is 3. The normalized spacial score (nSPS) is 13.9. The molecule has 0 fully saturated rings. The standard InChI is InChI=1S/C68H117O11P/c1-4-7-10-13-16-19-22-25-28-31-32-35-38-41-44-47-50-53-56-59-68(72)79-65(61-75-66(70)57-54-51-48-45-42-39-36-33-29-26-23-20-17-14-11-8-5-2)63-77-80(73,74)76-62-64(60-69)78-67(71)58-55-52-49-46-43-40-37-34-30-27-24-21-18-15-12-9-6-3/h8,11,17-18,20-21,25-30,36,39,45,48,64-65,69H,4-7,9-10,12-16,19,22-24,31-35,37-38,40-44,46-47,49-63H2,1-3H3,(H,73,74)/b11-8-,20-17-,21-18-,28-25-,29-26-,30-27-,39-36-,48-45-. The molecule has 0 aliphatic carbocycles. The first kappa shape index (κ1) is 76.4. The van der Waals surface area contributed by atoms with E-state index >= 15 is 0 Å². The molecule has 0 bridgehead atoms. The summed E-state index contributed by atoms with van der Waals surface area (Å²) in [6, 6.07) is 0. The van der Waals surface area contributed by atoms with Crippen LogP contribution < -0.4 is 0 Å². The summed E-state index contributed by atoms with van der Waals surface area (Å²) in [5, 5.41) is 9.85. The number of esters is 3. The molecule has 80 heavy (non-hydrogen) atoms. The van der Waals surface area contributed by atoms with Crippen LogP contribution in [0.5, 0.6) is 0 Å². The number of hydrogen-bond donors (Lipinski definition) is 2. The lowest BCUT2D eigenvalue weighted by molar-refractivity contribution is -0.161. The summed E-state index contributed by atoms with van der Waals surface area (Å²) in [5.74, 6) is -1.54. The third-order valence-corrected chi connectivity index (χ3v) is 14.4. The Hall–Kier alpha value is -3.60. The van der Waals surface area contributed by atoms with E-state index in [0.29, 0.717) is 25.7 Å². The minimum atomic E-state index is -4.77. The summed E-state index contributed by atoms with van der Waals surface area (Å²) in [7, 11) is -4.77. The maximum absolute atomic E-state index is 13.0. The minimum absolute atomic E-state index is 0.144. The fraction of sp³-hybridized carbons (Fsp3) is 0.721. The second kappa shape index (κ2) is 61.5. The van der Waals surface area contributed by atoms with E-state index in [1.54, 1.807) is 0 Å². The van der Waals surface area contributed by atoms with Gasteiger partial charge in [0.1, 0.15) is 12.7 Å². The SMILES string of the molecule is CC/C=C\C/C=C\C/C=C\C/C=C\C/C=C\CCCC(=O)OCC(COP(=O)(O)OCC(CO)OC(=O)CCCCCCCCC/C=C\C/C=C\CCCCC)OC(=O)CCCCCCCCCCC/C=C\CCCCCCCC. The molecular formula is C68H117O11P. The Morgan fingerprint density at radius 2 is 0.662 bits per heavy atom. The molecule has 11 nitrogen and oxygen atoms in total. The van der Waals surface area contributed by atoms with Gasteiger partial charge in [-0.05, 0) is 116 Å². The Bertz CT molecular complexity index is 1710. The van der Waals surface area contributed by atoms with Crippen LogP contribution in [0.2, 0.25) is 0 Å². The third kappa shape index (κ3) is 59.0. The maximum Gasteiger partial charge on any atom is 0.472 e. The van der Waals surface area contributed by atoms with Gasteiger partial charge in [0.15, 0.2) is 6.10 Å². The number of carbonyl (C=O) groups is 3. The second-order valence-corrected chi connectivity index (χ2v) is 22.6. The lowest BCUT2D eigenvalue weighted by Gasteiger charge is -2.21. The molecule has 460 valence electrons. The Labute approximate surface area is 489 Å². The van der Waals surface area contributed by atoms with Crippen LogP contribution in [-0.4, -0.2) is 66.5 Å². The van der Waals surface area contributed by atoms with Crippen molar-refractivity contribution in [2.24, 2.45) is 0 Å². The smallest absolute Gasteiger partial charge is 0.462 e. The van der Waals surface area contributed by atoms with Gasteiger partial charge in [-0.2, -0.15) is 0 Å². The summed E-state index contributed by atoms with van der Waals surface area (Å²) in [6.45, 7) is 4.46. The van der Waals surface area contributed by atoms with E-state index in [1.807, 2.05) is 6.08 Å². The Morgan fingerprint density at radius 3 is 1.07 bits per heavy atom. The molecule has 0 radical (unpaired) electrons. The number of phosphoric acid groups is 1. The fourth-order valence-corrected chi connectivity index (χ4v) is 9.38. The van der Waals surface area contributed by atoms with Gasteiger partial charge in [0, 0.05) is 19.3 Å². The predicted molar refractivity (Wildman–Crippen MR) is 334 cm³/mol. The number of rotatable bonds is 59. The van der Waals surface area contributed by atoms with Crippen molar-refractivity contribution in [3.8, 4) is 0 Å². The molecule has 0 amide bonds. The van der Waals surface area contributed by atoms with Crippen LogP contribution in [0.1, 0.15) is 278 Å². The van der Waals surface area contributed by atoms with Gasteiger partial charge in [0.25, 0.3) is 0 Å². The van der Waals surface area contributed by atoms with Crippen LogP contribution in [0, 0.1) is 0 Å². The first-order valence-corrected chi connectivity index (χ1v) is 33.6. The Balaban J connectivity index is 4.77. The molecule has 3 unspecified atom stereocenters. The molecule has 3 atom stereocenters. The largest absolute Gasteiger partial charge is 0.472 e. The molecule has 12 heteroatoms.